The van der Waals surface area contributed by atoms with Crippen LogP contribution in [0.3, 0.4) is 0 Å². The second-order valence-electron chi connectivity index (χ2n) is 3.15. The van der Waals surface area contributed by atoms with Crippen LogP contribution >= 0.6 is 11.6 Å². The molecule has 0 saturated carbocycles. The van der Waals surface area contributed by atoms with Gasteiger partial charge < -0.3 is 4.52 Å². The van der Waals surface area contributed by atoms with Crippen LogP contribution in [-0.4, -0.2) is 11.4 Å². The Balaban J connectivity index is 2.64. The van der Waals surface area contributed by atoms with Gasteiger partial charge in [0.05, 0.1) is 0 Å². The van der Waals surface area contributed by atoms with E-state index in [0.29, 0.717) is 17.5 Å². The Morgan fingerprint density at radius 3 is 2.80 bits per heavy atom. The number of aromatic nitrogens is 1. The fourth-order valence-corrected chi connectivity index (χ4v) is 1.58. The van der Waals surface area contributed by atoms with E-state index in [2.05, 4.69) is 5.16 Å². The van der Waals surface area contributed by atoms with Gasteiger partial charge >= 0.3 is 0 Å². The summed E-state index contributed by atoms with van der Waals surface area (Å²) in [5, 5.41) is 3.81. The van der Waals surface area contributed by atoms with Crippen molar-refractivity contribution in [3.63, 3.8) is 0 Å². The first kappa shape index (κ1) is 9.93. The van der Waals surface area contributed by atoms with Crippen LogP contribution in [0.15, 0.2) is 28.8 Å². The number of carbonyl (C=O) groups is 1. The molecule has 1 heterocycles. The Morgan fingerprint density at radius 2 is 2.13 bits per heavy atom. The smallest absolute Gasteiger partial charge is 0.237 e. The summed E-state index contributed by atoms with van der Waals surface area (Å²) >= 11 is 5.69. The van der Waals surface area contributed by atoms with Crippen LogP contribution in [-0.2, 0) is 0 Å². The van der Waals surface area contributed by atoms with E-state index in [1.807, 2.05) is 31.2 Å². The second kappa shape index (κ2) is 3.87. The first-order valence-corrected chi connectivity index (χ1v) is 4.78. The van der Waals surface area contributed by atoms with Crippen molar-refractivity contribution in [2.45, 2.75) is 6.92 Å². The number of benzene rings is 1. The predicted octanol–water partition coefficient (Wildman–Crippen LogP) is 3.12. The highest BCUT2D eigenvalue weighted by molar-refractivity contribution is 6.31. The molecular formula is C11H8ClNO2. The average molecular weight is 222 g/mol. The molecule has 2 rings (SSSR count). The van der Waals surface area contributed by atoms with Gasteiger partial charge in [-0.2, -0.15) is 0 Å². The van der Waals surface area contributed by atoms with E-state index in [1.165, 1.54) is 0 Å². The maximum atomic E-state index is 10.8. The molecule has 0 aliphatic heterocycles. The van der Waals surface area contributed by atoms with Crippen molar-refractivity contribution < 1.29 is 9.32 Å². The third-order valence-electron chi connectivity index (χ3n) is 2.20. The highest BCUT2D eigenvalue weighted by atomic mass is 35.5. The van der Waals surface area contributed by atoms with E-state index in [0.717, 1.165) is 11.1 Å². The average Bonchev–Trinajstić information content (AvgIpc) is 2.60. The van der Waals surface area contributed by atoms with Crippen molar-refractivity contribution in [1.82, 2.24) is 5.16 Å². The fourth-order valence-electron chi connectivity index (χ4n) is 1.41. The van der Waals surface area contributed by atoms with Gasteiger partial charge in [0.25, 0.3) is 0 Å². The number of aldehydes is 1. The van der Waals surface area contributed by atoms with Crippen LogP contribution in [0.4, 0.5) is 0 Å². The number of aryl methyl sites for hydroxylation is 1. The number of rotatable bonds is 2. The fraction of sp³-hybridized carbons (Fsp3) is 0.0909. The van der Waals surface area contributed by atoms with E-state index >= 15 is 0 Å². The normalized spacial score (nSPS) is 10.3. The second-order valence-corrected chi connectivity index (χ2v) is 3.49. The molecule has 4 heteroatoms. The minimum atomic E-state index is 0.0308. The quantitative estimate of drug-likeness (QED) is 0.732. The van der Waals surface area contributed by atoms with Gasteiger partial charge in [0, 0.05) is 5.56 Å². The van der Waals surface area contributed by atoms with E-state index in [-0.39, 0.29) is 5.22 Å². The number of carbonyl (C=O) groups excluding carboxylic acids is 1. The lowest BCUT2D eigenvalue weighted by molar-refractivity contribution is 0.112. The number of halogens is 1. The summed E-state index contributed by atoms with van der Waals surface area (Å²) in [5.74, 6) is 0. The van der Waals surface area contributed by atoms with Crippen LogP contribution in [0, 0.1) is 6.92 Å². The minimum Gasteiger partial charge on any atom is -0.343 e. The van der Waals surface area contributed by atoms with E-state index < -0.39 is 0 Å². The molecule has 0 aliphatic carbocycles. The third-order valence-corrected chi connectivity index (χ3v) is 2.47. The molecule has 3 nitrogen and oxygen atoms in total. The Morgan fingerprint density at radius 1 is 1.40 bits per heavy atom. The number of hydrogen-bond donors (Lipinski definition) is 0. The highest BCUT2D eigenvalue weighted by Crippen LogP contribution is 2.28. The SMILES string of the molecule is Cc1ccccc1-c1noc(Cl)c1C=O. The Hall–Kier alpha value is -1.61. The number of nitrogens with zero attached hydrogens (tertiary/aromatic N) is 1. The molecule has 0 amide bonds. The molecule has 0 fully saturated rings. The summed E-state index contributed by atoms with van der Waals surface area (Å²) < 4.78 is 4.78. The van der Waals surface area contributed by atoms with Gasteiger partial charge in [-0.3, -0.25) is 4.79 Å². The first-order chi connectivity index (χ1) is 7.24. The van der Waals surface area contributed by atoms with E-state index in [9.17, 15) is 4.79 Å². The summed E-state index contributed by atoms with van der Waals surface area (Å²) in [5.41, 5.74) is 2.67. The molecule has 0 unspecified atom stereocenters. The Kier molecular flexibility index (Phi) is 2.56. The van der Waals surface area contributed by atoms with Crippen molar-refractivity contribution in [2.75, 3.05) is 0 Å². The third kappa shape index (κ3) is 1.66. The molecule has 0 saturated heterocycles. The summed E-state index contributed by atoms with van der Waals surface area (Å²) in [4.78, 5) is 10.8. The van der Waals surface area contributed by atoms with E-state index in [4.69, 9.17) is 16.1 Å². The van der Waals surface area contributed by atoms with Gasteiger partial charge in [-0.15, -0.1) is 0 Å². The maximum absolute atomic E-state index is 10.8. The molecule has 15 heavy (non-hydrogen) atoms. The Labute approximate surface area is 91.6 Å². The molecule has 0 atom stereocenters. The van der Waals surface area contributed by atoms with Crippen molar-refractivity contribution in [2.24, 2.45) is 0 Å². The maximum Gasteiger partial charge on any atom is 0.237 e. The molecule has 0 aliphatic rings. The van der Waals surface area contributed by atoms with Crippen molar-refractivity contribution in [1.29, 1.82) is 0 Å². The van der Waals surface area contributed by atoms with Crippen LogP contribution in [0.25, 0.3) is 11.3 Å². The van der Waals surface area contributed by atoms with Crippen molar-refractivity contribution in [3.8, 4) is 11.3 Å². The topological polar surface area (TPSA) is 43.1 Å². The lowest BCUT2D eigenvalue weighted by Gasteiger charge is -2.00. The molecule has 76 valence electrons. The zero-order chi connectivity index (χ0) is 10.8. The molecular weight excluding hydrogens is 214 g/mol. The summed E-state index contributed by atoms with van der Waals surface area (Å²) in [6.45, 7) is 1.94. The minimum absolute atomic E-state index is 0.0308. The van der Waals surface area contributed by atoms with Crippen LogP contribution in [0.2, 0.25) is 5.22 Å². The van der Waals surface area contributed by atoms with E-state index in [1.54, 1.807) is 0 Å². The summed E-state index contributed by atoms with van der Waals surface area (Å²) in [6.07, 6.45) is 0.653. The van der Waals surface area contributed by atoms with Crippen molar-refractivity contribution in [3.05, 3.63) is 40.6 Å². The van der Waals surface area contributed by atoms with Gasteiger partial charge in [-0.1, -0.05) is 29.4 Å². The summed E-state index contributed by atoms with van der Waals surface area (Å²) in [7, 11) is 0. The highest BCUT2D eigenvalue weighted by Gasteiger charge is 2.16. The molecule has 0 bridgehead atoms. The van der Waals surface area contributed by atoms with Gasteiger partial charge in [-0.05, 0) is 24.1 Å². The van der Waals surface area contributed by atoms with Gasteiger partial charge in [0.15, 0.2) is 6.29 Å². The zero-order valence-electron chi connectivity index (χ0n) is 8.03. The van der Waals surface area contributed by atoms with Gasteiger partial charge in [0.2, 0.25) is 5.22 Å². The van der Waals surface area contributed by atoms with Gasteiger partial charge in [0.1, 0.15) is 11.3 Å². The Bertz CT molecular complexity index is 505. The standard InChI is InChI=1S/C11H8ClNO2/c1-7-4-2-3-5-8(7)10-9(6-14)11(12)15-13-10/h2-6H,1H3. The molecule has 0 radical (unpaired) electrons. The molecule has 1 aromatic heterocycles. The largest absolute Gasteiger partial charge is 0.343 e. The summed E-state index contributed by atoms with van der Waals surface area (Å²) in [6, 6.07) is 7.60. The lowest BCUT2D eigenvalue weighted by atomic mass is 10.0. The first-order valence-electron chi connectivity index (χ1n) is 4.40. The van der Waals surface area contributed by atoms with Crippen LogP contribution < -0.4 is 0 Å². The van der Waals surface area contributed by atoms with Gasteiger partial charge in [-0.25, -0.2) is 0 Å². The van der Waals surface area contributed by atoms with Crippen LogP contribution in [0.1, 0.15) is 15.9 Å². The van der Waals surface area contributed by atoms with Crippen LogP contribution in [0.5, 0.6) is 0 Å². The molecule has 1 aromatic carbocycles. The van der Waals surface area contributed by atoms with Crippen molar-refractivity contribution >= 4 is 17.9 Å². The zero-order valence-corrected chi connectivity index (χ0v) is 8.78. The predicted molar refractivity (Wildman–Crippen MR) is 57.1 cm³/mol. The molecule has 0 N–H and O–H groups in total. The number of hydrogen-bond acceptors (Lipinski definition) is 3. The molecule has 2 aromatic rings. The monoisotopic (exact) mass is 221 g/mol. The molecule has 0 spiro atoms. The lowest BCUT2D eigenvalue weighted by Crippen LogP contribution is -1.87.